The lowest BCUT2D eigenvalue weighted by molar-refractivity contribution is -0.116. The lowest BCUT2D eigenvalue weighted by Gasteiger charge is -2.23. The zero-order chi connectivity index (χ0) is 26.4. The van der Waals surface area contributed by atoms with Crippen LogP contribution in [0.2, 0.25) is 0 Å². The molecule has 4 rings (SSSR count). The fraction of sp³-hybridized carbons (Fsp3) is 0.407. The minimum absolute atomic E-state index is 0.155. The number of nitriles is 1. The summed E-state index contributed by atoms with van der Waals surface area (Å²) in [5, 5.41) is 23.0. The van der Waals surface area contributed by atoms with Gasteiger partial charge in [-0.15, -0.1) is 11.3 Å². The van der Waals surface area contributed by atoms with Crippen molar-refractivity contribution < 1.29 is 19.1 Å². The molecule has 2 amide bonds. The maximum absolute atomic E-state index is 12.7. The molecule has 0 fully saturated rings. The standard InChI is InChI=1S/C27H31N5O4S/c1-4-35-23-8-6-5-7-18(23)9-12-25(33)31-26-21(14-28)20-11-10-19(13-24(20)37-26)36-27(34)30-16(2)22-15-29-32-17(22)3/h5-8,15-16,19H,4,9-13H2,1-3H3,(H,29,32)(H,30,34)(H,31,33). The Morgan fingerprint density at radius 2 is 2.16 bits per heavy atom. The van der Waals surface area contributed by atoms with Crippen molar-refractivity contribution in [3.05, 3.63) is 63.3 Å². The number of nitrogens with one attached hydrogen (secondary N) is 3. The van der Waals surface area contributed by atoms with Gasteiger partial charge in [-0.2, -0.15) is 10.4 Å². The van der Waals surface area contributed by atoms with Crippen LogP contribution in [-0.2, 0) is 28.8 Å². The first-order chi connectivity index (χ1) is 17.9. The summed E-state index contributed by atoms with van der Waals surface area (Å²) in [4.78, 5) is 26.2. The van der Waals surface area contributed by atoms with Crippen molar-refractivity contribution in [3.63, 3.8) is 0 Å². The van der Waals surface area contributed by atoms with E-state index in [9.17, 15) is 14.9 Å². The van der Waals surface area contributed by atoms with Crippen LogP contribution in [0.3, 0.4) is 0 Å². The van der Waals surface area contributed by atoms with E-state index in [2.05, 4.69) is 26.9 Å². The molecule has 2 unspecified atom stereocenters. The molecule has 0 bridgehead atoms. The van der Waals surface area contributed by atoms with Crippen LogP contribution in [0.4, 0.5) is 9.80 Å². The first-order valence-electron chi connectivity index (χ1n) is 12.4. The minimum atomic E-state index is -0.487. The van der Waals surface area contributed by atoms with Crippen LogP contribution >= 0.6 is 11.3 Å². The third kappa shape index (κ3) is 6.30. The Balaban J connectivity index is 1.35. The van der Waals surface area contributed by atoms with Gasteiger partial charge in [-0.05, 0) is 57.2 Å². The van der Waals surface area contributed by atoms with Gasteiger partial charge in [0.05, 0.1) is 24.4 Å². The summed E-state index contributed by atoms with van der Waals surface area (Å²) < 4.78 is 11.3. The molecule has 10 heteroatoms. The number of carbonyl (C=O) groups excluding carboxylic acids is 2. The summed E-state index contributed by atoms with van der Waals surface area (Å²) in [6.45, 7) is 6.26. The molecule has 0 saturated heterocycles. The summed E-state index contributed by atoms with van der Waals surface area (Å²) in [6, 6.07) is 9.71. The van der Waals surface area contributed by atoms with E-state index in [1.807, 2.05) is 45.0 Å². The Morgan fingerprint density at radius 1 is 1.35 bits per heavy atom. The van der Waals surface area contributed by atoms with Gasteiger partial charge in [0, 0.05) is 29.0 Å². The molecule has 194 valence electrons. The highest BCUT2D eigenvalue weighted by Gasteiger charge is 2.29. The van der Waals surface area contributed by atoms with Crippen molar-refractivity contribution in [2.75, 3.05) is 11.9 Å². The van der Waals surface area contributed by atoms with Crippen LogP contribution in [-0.4, -0.2) is 34.9 Å². The lowest BCUT2D eigenvalue weighted by Crippen LogP contribution is -2.33. The maximum Gasteiger partial charge on any atom is 0.407 e. The van der Waals surface area contributed by atoms with E-state index in [1.165, 1.54) is 11.3 Å². The second kappa shape index (κ2) is 11.9. The van der Waals surface area contributed by atoms with E-state index in [0.29, 0.717) is 42.9 Å². The molecule has 9 nitrogen and oxygen atoms in total. The highest BCUT2D eigenvalue weighted by atomic mass is 32.1. The van der Waals surface area contributed by atoms with Gasteiger partial charge in [-0.25, -0.2) is 4.79 Å². The van der Waals surface area contributed by atoms with Gasteiger partial charge in [0.2, 0.25) is 5.91 Å². The van der Waals surface area contributed by atoms with Crippen LogP contribution < -0.4 is 15.4 Å². The molecule has 2 atom stereocenters. The van der Waals surface area contributed by atoms with Gasteiger partial charge in [0.1, 0.15) is 22.9 Å². The van der Waals surface area contributed by atoms with E-state index in [-0.39, 0.29) is 24.5 Å². The Labute approximate surface area is 220 Å². The third-order valence-corrected chi connectivity index (χ3v) is 7.59. The summed E-state index contributed by atoms with van der Waals surface area (Å²) >= 11 is 1.39. The molecule has 1 aliphatic rings. The van der Waals surface area contributed by atoms with Gasteiger partial charge in [-0.1, -0.05) is 18.2 Å². The Hall–Kier alpha value is -3.84. The molecule has 0 radical (unpaired) electrons. The number of alkyl carbamates (subject to hydrolysis) is 1. The zero-order valence-electron chi connectivity index (χ0n) is 21.2. The second-order valence-corrected chi connectivity index (χ2v) is 10.1. The van der Waals surface area contributed by atoms with Crippen molar-refractivity contribution >= 4 is 28.3 Å². The maximum atomic E-state index is 12.7. The number of anilines is 1. The number of aryl methyl sites for hydroxylation is 2. The van der Waals surface area contributed by atoms with Gasteiger partial charge < -0.3 is 20.1 Å². The number of fused-ring (bicyclic) bond motifs is 1. The van der Waals surface area contributed by atoms with E-state index < -0.39 is 6.09 Å². The lowest BCUT2D eigenvalue weighted by atomic mass is 9.94. The van der Waals surface area contributed by atoms with Crippen molar-refractivity contribution in [1.82, 2.24) is 15.5 Å². The molecule has 0 aliphatic heterocycles. The highest BCUT2D eigenvalue weighted by Crippen LogP contribution is 2.38. The molecule has 37 heavy (non-hydrogen) atoms. The van der Waals surface area contributed by atoms with Crippen LogP contribution in [0, 0.1) is 18.3 Å². The van der Waals surface area contributed by atoms with E-state index in [0.717, 1.165) is 33.0 Å². The van der Waals surface area contributed by atoms with Gasteiger partial charge >= 0.3 is 6.09 Å². The zero-order valence-corrected chi connectivity index (χ0v) is 22.0. The quantitative estimate of drug-likeness (QED) is 0.365. The fourth-order valence-electron chi connectivity index (χ4n) is 4.54. The molecular formula is C27H31N5O4S. The first-order valence-corrected chi connectivity index (χ1v) is 13.2. The first kappa shape index (κ1) is 26.2. The number of thiophene rings is 1. The van der Waals surface area contributed by atoms with Gasteiger partial charge in [0.25, 0.3) is 0 Å². The SMILES string of the molecule is CCOc1ccccc1CCC(=O)Nc1sc2c(c1C#N)CCC(OC(=O)NC(C)c1cn[nH]c1C)C2. The number of hydrogen-bond donors (Lipinski definition) is 3. The summed E-state index contributed by atoms with van der Waals surface area (Å²) in [5.74, 6) is 0.628. The molecule has 0 spiro atoms. The number of aromatic nitrogens is 2. The molecule has 3 aromatic rings. The highest BCUT2D eigenvalue weighted by molar-refractivity contribution is 7.16. The molecule has 1 aliphatic carbocycles. The minimum Gasteiger partial charge on any atom is -0.494 e. The number of nitrogens with zero attached hydrogens (tertiary/aromatic N) is 2. The van der Waals surface area contributed by atoms with Gasteiger partial charge in [-0.3, -0.25) is 9.89 Å². The van der Waals surface area contributed by atoms with E-state index >= 15 is 0 Å². The molecule has 1 aromatic carbocycles. The van der Waals surface area contributed by atoms with Crippen molar-refractivity contribution in [1.29, 1.82) is 5.26 Å². The number of H-pyrrole nitrogens is 1. The van der Waals surface area contributed by atoms with Crippen molar-refractivity contribution in [2.24, 2.45) is 0 Å². The van der Waals surface area contributed by atoms with E-state index in [1.54, 1.807) is 6.20 Å². The van der Waals surface area contributed by atoms with Crippen molar-refractivity contribution in [2.45, 2.75) is 65.0 Å². The van der Waals surface area contributed by atoms with E-state index in [4.69, 9.17) is 9.47 Å². The average Bonchev–Trinajstić information content (AvgIpc) is 3.45. The number of rotatable bonds is 9. The van der Waals surface area contributed by atoms with Crippen molar-refractivity contribution in [3.8, 4) is 11.8 Å². The van der Waals surface area contributed by atoms with Crippen LogP contribution in [0.5, 0.6) is 5.75 Å². The molecule has 2 aromatic heterocycles. The van der Waals surface area contributed by atoms with Crippen LogP contribution in [0.1, 0.15) is 65.6 Å². The smallest absolute Gasteiger partial charge is 0.407 e. The Bertz CT molecular complexity index is 1310. The fourth-order valence-corrected chi connectivity index (χ4v) is 5.82. The molecule has 2 heterocycles. The molecular weight excluding hydrogens is 490 g/mol. The summed E-state index contributed by atoms with van der Waals surface area (Å²) in [5.41, 5.74) is 4.22. The molecule has 3 N–H and O–H groups in total. The number of ether oxygens (including phenoxy) is 2. The third-order valence-electron chi connectivity index (χ3n) is 6.42. The Morgan fingerprint density at radius 3 is 2.89 bits per heavy atom. The van der Waals surface area contributed by atoms with Crippen LogP contribution in [0.15, 0.2) is 30.5 Å². The van der Waals surface area contributed by atoms with Gasteiger partial charge in [0.15, 0.2) is 0 Å². The predicted molar refractivity (Wildman–Crippen MR) is 141 cm³/mol. The topological polar surface area (TPSA) is 129 Å². The Kier molecular flexibility index (Phi) is 8.46. The largest absolute Gasteiger partial charge is 0.494 e. The molecule has 0 saturated carbocycles. The number of amides is 2. The number of aromatic amines is 1. The summed E-state index contributed by atoms with van der Waals surface area (Å²) in [6.07, 6.45) is 3.46. The monoisotopic (exact) mass is 521 g/mol. The number of carbonyl (C=O) groups is 2. The predicted octanol–water partition coefficient (Wildman–Crippen LogP) is 4.97. The number of benzene rings is 1. The normalized spacial score (nSPS) is 15.2. The number of hydrogen-bond acceptors (Lipinski definition) is 7. The summed E-state index contributed by atoms with van der Waals surface area (Å²) in [7, 11) is 0. The number of para-hydroxylation sites is 1. The van der Waals surface area contributed by atoms with Crippen LogP contribution in [0.25, 0.3) is 0 Å². The second-order valence-electron chi connectivity index (χ2n) is 9.00. The average molecular weight is 522 g/mol.